The molecule has 2 bridgehead atoms. The van der Waals surface area contributed by atoms with Crippen LogP contribution in [0.25, 0.3) is 10.9 Å². The summed E-state index contributed by atoms with van der Waals surface area (Å²) >= 11 is 0. The van der Waals surface area contributed by atoms with Crippen molar-refractivity contribution in [1.29, 1.82) is 0 Å². The minimum atomic E-state index is -0.357. The molecule has 0 saturated heterocycles. The van der Waals surface area contributed by atoms with Crippen LogP contribution in [0.15, 0.2) is 36.7 Å². The van der Waals surface area contributed by atoms with Crippen molar-refractivity contribution in [2.24, 2.45) is 13.0 Å². The summed E-state index contributed by atoms with van der Waals surface area (Å²) in [5.41, 5.74) is 2.32. The predicted octanol–water partition coefficient (Wildman–Crippen LogP) is 2.07. The topological polar surface area (TPSA) is 106 Å². The van der Waals surface area contributed by atoms with Crippen molar-refractivity contribution in [2.45, 2.75) is 52.0 Å². The minimum absolute atomic E-state index is 0.0120. The Bertz CT molecular complexity index is 1200. The fourth-order valence-corrected chi connectivity index (χ4v) is 4.66. The molecule has 10 nitrogen and oxygen atoms in total. The maximum Gasteiger partial charge on any atom is 0.253 e. The molecule has 1 aromatic carbocycles. The number of hydrogen-bond donors (Lipinski definition) is 1. The lowest BCUT2D eigenvalue weighted by molar-refractivity contribution is -0.136. The fraction of sp³-hybridized carbons (Fsp3) is 0.538. The van der Waals surface area contributed by atoms with E-state index in [9.17, 15) is 14.7 Å². The van der Waals surface area contributed by atoms with Crippen molar-refractivity contribution in [3.8, 4) is 0 Å². The van der Waals surface area contributed by atoms with Gasteiger partial charge in [-0.05, 0) is 36.9 Å². The van der Waals surface area contributed by atoms with Crippen LogP contribution in [0.5, 0.6) is 0 Å². The lowest BCUT2D eigenvalue weighted by Gasteiger charge is -2.35. The molecule has 3 aromatic rings. The molecular weight excluding hydrogens is 460 g/mol. The first-order chi connectivity index (χ1) is 17.3. The van der Waals surface area contributed by atoms with E-state index in [0.29, 0.717) is 43.7 Å². The van der Waals surface area contributed by atoms with Crippen LogP contribution in [0.3, 0.4) is 0 Å². The lowest BCUT2D eigenvalue weighted by Crippen LogP contribution is -2.47. The quantitative estimate of drug-likeness (QED) is 0.580. The molecule has 4 rings (SSSR count). The van der Waals surface area contributed by atoms with Crippen LogP contribution in [0.1, 0.15) is 42.7 Å². The normalized spacial score (nSPS) is 20.5. The third-order valence-corrected chi connectivity index (χ3v) is 6.98. The SMILES string of the molecule is C[C@H](CO)N1C[C@H](C)[C@H](CN(C)C(=O)c2ccc3ccn(C)c3c2)OCc2cn(nn2)CCCC1=O. The van der Waals surface area contributed by atoms with Gasteiger partial charge in [-0.15, -0.1) is 5.10 Å². The van der Waals surface area contributed by atoms with Gasteiger partial charge < -0.3 is 24.2 Å². The number of aliphatic hydroxyl groups is 1. The smallest absolute Gasteiger partial charge is 0.253 e. The summed E-state index contributed by atoms with van der Waals surface area (Å²) in [5, 5.41) is 19.2. The van der Waals surface area contributed by atoms with Crippen molar-refractivity contribution in [3.05, 3.63) is 47.9 Å². The number of carbonyl (C=O) groups is 2. The molecule has 0 saturated carbocycles. The van der Waals surface area contributed by atoms with Crippen LogP contribution >= 0.6 is 0 Å². The third-order valence-electron chi connectivity index (χ3n) is 6.98. The first-order valence-corrected chi connectivity index (χ1v) is 12.5. The zero-order valence-electron chi connectivity index (χ0n) is 21.5. The average Bonchev–Trinajstić information content (AvgIpc) is 3.49. The van der Waals surface area contributed by atoms with E-state index in [1.165, 1.54) is 0 Å². The number of aryl methyl sites for hydroxylation is 2. The van der Waals surface area contributed by atoms with Crippen LogP contribution in [0, 0.1) is 5.92 Å². The molecular formula is C26H36N6O4. The van der Waals surface area contributed by atoms with E-state index in [-0.39, 0.29) is 43.1 Å². The number of aromatic nitrogens is 4. The van der Waals surface area contributed by atoms with Crippen molar-refractivity contribution < 1.29 is 19.4 Å². The van der Waals surface area contributed by atoms with Gasteiger partial charge in [-0.1, -0.05) is 18.2 Å². The summed E-state index contributed by atoms with van der Waals surface area (Å²) in [4.78, 5) is 29.8. The summed E-state index contributed by atoms with van der Waals surface area (Å²) in [6, 6.07) is 7.42. The zero-order chi connectivity index (χ0) is 25.8. The predicted molar refractivity (Wildman–Crippen MR) is 135 cm³/mol. The van der Waals surface area contributed by atoms with E-state index in [1.54, 1.807) is 21.5 Å². The Morgan fingerprint density at radius 1 is 1.33 bits per heavy atom. The highest BCUT2D eigenvalue weighted by atomic mass is 16.5. The molecule has 1 aliphatic heterocycles. The number of carbonyl (C=O) groups excluding carboxylic acids is 2. The summed E-state index contributed by atoms with van der Waals surface area (Å²) in [5.74, 6) is -0.203. The molecule has 194 valence electrons. The van der Waals surface area contributed by atoms with Gasteiger partial charge in [0, 0.05) is 63.3 Å². The van der Waals surface area contributed by atoms with Gasteiger partial charge in [0.25, 0.3) is 5.91 Å². The van der Waals surface area contributed by atoms with E-state index in [1.807, 2.05) is 62.1 Å². The van der Waals surface area contributed by atoms with Crippen LogP contribution < -0.4 is 0 Å². The second-order valence-corrected chi connectivity index (χ2v) is 9.87. The number of nitrogens with zero attached hydrogens (tertiary/aromatic N) is 6. The molecule has 1 aliphatic rings. The monoisotopic (exact) mass is 496 g/mol. The molecule has 0 spiro atoms. The summed E-state index contributed by atoms with van der Waals surface area (Å²) in [6.07, 6.45) is 4.45. The Kier molecular flexibility index (Phi) is 8.05. The van der Waals surface area contributed by atoms with Crippen molar-refractivity contribution in [3.63, 3.8) is 0 Å². The molecule has 0 fully saturated rings. The Morgan fingerprint density at radius 2 is 2.14 bits per heavy atom. The van der Waals surface area contributed by atoms with E-state index in [4.69, 9.17) is 4.74 Å². The molecule has 0 unspecified atom stereocenters. The molecule has 10 heteroatoms. The molecule has 1 N–H and O–H groups in total. The third kappa shape index (κ3) is 5.76. The second kappa shape index (κ2) is 11.2. The molecule has 3 atom stereocenters. The van der Waals surface area contributed by atoms with Crippen molar-refractivity contribution in [2.75, 3.05) is 26.7 Å². The Hall–Kier alpha value is -3.24. The number of ether oxygens (including phenoxy) is 1. The largest absolute Gasteiger partial charge is 0.394 e. The lowest BCUT2D eigenvalue weighted by atomic mass is 10.0. The van der Waals surface area contributed by atoms with E-state index < -0.39 is 0 Å². The standard InChI is InChI=1S/C26H36N6O4/c1-18-13-32(19(2)16-33)25(34)6-5-10-31-14-22(27-28-31)17-36-24(18)15-30(4)26(35)21-8-7-20-9-11-29(3)23(20)12-21/h7-9,11-12,14,18-19,24,33H,5-6,10,13,15-17H2,1-4H3/t18-,19+,24-/m0/s1. The van der Waals surface area contributed by atoms with Gasteiger partial charge in [0.05, 0.1) is 31.6 Å². The van der Waals surface area contributed by atoms with Gasteiger partial charge in [-0.25, -0.2) is 0 Å². The Labute approximate surface area is 211 Å². The molecule has 2 amide bonds. The molecule has 0 radical (unpaired) electrons. The maximum atomic E-state index is 13.3. The van der Waals surface area contributed by atoms with Crippen LogP contribution in [-0.4, -0.2) is 85.2 Å². The number of aliphatic hydroxyl groups excluding tert-OH is 1. The van der Waals surface area contributed by atoms with Gasteiger partial charge in [0.1, 0.15) is 5.69 Å². The summed E-state index contributed by atoms with van der Waals surface area (Å²) < 4.78 is 10.00. The first kappa shape index (κ1) is 25.8. The van der Waals surface area contributed by atoms with Crippen molar-refractivity contribution in [1.82, 2.24) is 29.4 Å². The first-order valence-electron chi connectivity index (χ1n) is 12.5. The molecule has 2 aromatic heterocycles. The average molecular weight is 497 g/mol. The molecule has 0 aliphatic carbocycles. The summed E-state index contributed by atoms with van der Waals surface area (Å²) in [7, 11) is 3.73. The zero-order valence-corrected chi connectivity index (χ0v) is 21.5. The Morgan fingerprint density at radius 3 is 2.92 bits per heavy atom. The highest BCUT2D eigenvalue weighted by Crippen LogP contribution is 2.20. The number of rotatable bonds is 5. The van der Waals surface area contributed by atoms with Gasteiger partial charge in [-0.2, -0.15) is 0 Å². The minimum Gasteiger partial charge on any atom is -0.394 e. The van der Waals surface area contributed by atoms with E-state index >= 15 is 0 Å². The van der Waals surface area contributed by atoms with E-state index in [2.05, 4.69) is 10.3 Å². The fourth-order valence-electron chi connectivity index (χ4n) is 4.66. The van der Waals surface area contributed by atoms with Gasteiger partial charge in [0.2, 0.25) is 5.91 Å². The summed E-state index contributed by atoms with van der Waals surface area (Å²) in [6.45, 7) is 5.35. The van der Waals surface area contributed by atoms with Crippen LogP contribution in [0.2, 0.25) is 0 Å². The van der Waals surface area contributed by atoms with E-state index in [0.717, 1.165) is 10.9 Å². The van der Waals surface area contributed by atoms with Gasteiger partial charge in [-0.3, -0.25) is 14.3 Å². The van der Waals surface area contributed by atoms with Crippen molar-refractivity contribution >= 4 is 22.7 Å². The second-order valence-electron chi connectivity index (χ2n) is 9.87. The molecule has 36 heavy (non-hydrogen) atoms. The van der Waals surface area contributed by atoms with Crippen LogP contribution in [0.4, 0.5) is 0 Å². The molecule has 3 heterocycles. The van der Waals surface area contributed by atoms with Crippen LogP contribution in [-0.2, 0) is 29.7 Å². The number of likely N-dealkylation sites (N-methyl/N-ethyl adjacent to an activating group) is 1. The van der Waals surface area contributed by atoms with Gasteiger partial charge >= 0.3 is 0 Å². The highest BCUT2D eigenvalue weighted by molar-refractivity contribution is 5.98. The number of fused-ring (bicyclic) bond motifs is 3. The Balaban J connectivity index is 1.55. The maximum absolute atomic E-state index is 13.3. The number of benzene rings is 1. The number of amides is 2. The van der Waals surface area contributed by atoms with Gasteiger partial charge in [0.15, 0.2) is 0 Å². The highest BCUT2D eigenvalue weighted by Gasteiger charge is 2.29. The number of hydrogen-bond acceptors (Lipinski definition) is 6.